The van der Waals surface area contributed by atoms with Gasteiger partial charge in [-0.25, -0.2) is 0 Å². The second-order valence-corrected chi connectivity index (χ2v) is 7.46. The fourth-order valence-corrected chi connectivity index (χ4v) is 3.61. The van der Waals surface area contributed by atoms with E-state index in [-0.39, 0.29) is 30.7 Å². The first-order valence-corrected chi connectivity index (χ1v) is 10.1. The Bertz CT molecular complexity index is 1060. The molecule has 2 heterocycles. The van der Waals surface area contributed by atoms with Crippen LogP contribution in [0.2, 0.25) is 0 Å². The predicted molar refractivity (Wildman–Crippen MR) is 115 cm³/mol. The summed E-state index contributed by atoms with van der Waals surface area (Å²) in [5.41, 5.74) is 1.79. The molecule has 7 nitrogen and oxygen atoms in total. The van der Waals surface area contributed by atoms with Gasteiger partial charge in [-0.15, -0.1) is 0 Å². The molecule has 1 saturated heterocycles. The lowest BCUT2D eigenvalue weighted by molar-refractivity contribution is -0.128. The maximum Gasteiger partial charge on any atom is 0.253 e. The standard InChI is InChI=1S/C24H23N3O4/c28-22-13-18(16-27(22)15-17-7-2-1-3-8-17)23(29)26-21-11-5-4-10-20(21)24(30)25-14-19-9-6-12-31-19/h1-12,18H,13-16H2,(H,25,30)(H,26,29)/t18-/m1/s1. The maximum absolute atomic E-state index is 12.8. The van der Waals surface area contributed by atoms with Gasteiger partial charge in [0, 0.05) is 19.5 Å². The van der Waals surface area contributed by atoms with Crippen molar-refractivity contribution < 1.29 is 18.8 Å². The number of anilines is 1. The Labute approximate surface area is 180 Å². The Hall–Kier alpha value is -3.87. The highest BCUT2D eigenvalue weighted by Gasteiger charge is 2.34. The molecule has 1 aliphatic rings. The van der Waals surface area contributed by atoms with Crippen LogP contribution in [-0.2, 0) is 22.7 Å². The number of carbonyl (C=O) groups is 3. The summed E-state index contributed by atoms with van der Waals surface area (Å²) < 4.78 is 5.22. The predicted octanol–water partition coefficient (Wildman–Crippen LogP) is 3.20. The van der Waals surface area contributed by atoms with E-state index in [0.717, 1.165) is 5.56 Å². The molecule has 0 saturated carbocycles. The Morgan fingerprint density at radius 1 is 1.00 bits per heavy atom. The molecule has 7 heteroatoms. The Morgan fingerprint density at radius 3 is 2.55 bits per heavy atom. The van der Waals surface area contributed by atoms with Crippen molar-refractivity contribution in [3.05, 3.63) is 89.9 Å². The fourth-order valence-electron chi connectivity index (χ4n) is 3.61. The minimum Gasteiger partial charge on any atom is -0.467 e. The first kappa shape index (κ1) is 20.4. The molecule has 3 aromatic rings. The fraction of sp³-hybridized carbons (Fsp3) is 0.208. The normalized spacial score (nSPS) is 15.7. The van der Waals surface area contributed by atoms with Crippen LogP contribution in [0.25, 0.3) is 0 Å². The van der Waals surface area contributed by atoms with Crippen LogP contribution in [0.4, 0.5) is 5.69 Å². The van der Waals surface area contributed by atoms with E-state index in [1.165, 1.54) is 0 Å². The van der Waals surface area contributed by atoms with Gasteiger partial charge in [0.2, 0.25) is 11.8 Å². The van der Waals surface area contributed by atoms with Crippen molar-refractivity contribution in [3.63, 3.8) is 0 Å². The van der Waals surface area contributed by atoms with Crippen LogP contribution in [0.15, 0.2) is 77.4 Å². The van der Waals surface area contributed by atoms with Crippen LogP contribution in [-0.4, -0.2) is 29.2 Å². The molecule has 0 bridgehead atoms. The lowest BCUT2D eigenvalue weighted by atomic mass is 10.1. The van der Waals surface area contributed by atoms with E-state index in [9.17, 15) is 14.4 Å². The molecule has 1 fully saturated rings. The molecule has 1 aromatic heterocycles. The number of likely N-dealkylation sites (tertiary alicyclic amines) is 1. The van der Waals surface area contributed by atoms with E-state index in [2.05, 4.69) is 10.6 Å². The van der Waals surface area contributed by atoms with Gasteiger partial charge < -0.3 is 20.0 Å². The molecule has 1 atom stereocenters. The smallest absolute Gasteiger partial charge is 0.253 e. The van der Waals surface area contributed by atoms with Crippen molar-refractivity contribution >= 4 is 23.4 Å². The van der Waals surface area contributed by atoms with Crippen molar-refractivity contribution in [1.82, 2.24) is 10.2 Å². The van der Waals surface area contributed by atoms with Gasteiger partial charge in [0.15, 0.2) is 0 Å². The van der Waals surface area contributed by atoms with Crippen LogP contribution >= 0.6 is 0 Å². The maximum atomic E-state index is 12.8. The molecule has 0 spiro atoms. The number of nitrogens with zero attached hydrogens (tertiary/aromatic N) is 1. The first-order chi connectivity index (χ1) is 15.1. The van der Waals surface area contributed by atoms with E-state index in [1.807, 2.05) is 30.3 Å². The number of hydrogen-bond acceptors (Lipinski definition) is 4. The van der Waals surface area contributed by atoms with Crippen LogP contribution in [0.3, 0.4) is 0 Å². The van der Waals surface area contributed by atoms with Gasteiger partial charge in [-0.05, 0) is 29.8 Å². The zero-order valence-electron chi connectivity index (χ0n) is 16.9. The zero-order chi connectivity index (χ0) is 21.6. The molecule has 0 aliphatic carbocycles. The largest absolute Gasteiger partial charge is 0.467 e. The van der Waals surface area contributed by atoms with Crippen LogP contribution in [0.1, 0.15) is 28.1 Å². The second-order valence-electron chi connectivity index (χ2n) is 7.46. The van der Waals surface area contributed by atoms with E-state index in [0.29, 0.717) is 30.1 Å². The number of amides is 3. The quantitative estimate of drug-likeness (QED) is 0.618. The minimum atomic E-state index is -0.463. The van der Waals surface area contributed by atoms with Gasteiger partial charge in [0.1, 0.15) is 5.76 Å². The van der Waals surface area contributed by atoms with Gasteiger partial charge in [0.05, 0.1) is 30.0 Å². The molecule has 2 N–H and O–H groups in total. The average molecular weight is 417 g/mol. The van der Waals surface area contributed by atoms with Gasteiger partial charge in [-0.3, -0.25) is 14.4 Å². The number of para-hydroxylation sites is 1. The molecule has 1 aliphatic heterocycles. The summed E-state index contributed by atoms with van der Waals surface area (Å²) in [5, 5.41) is 5.61. The topological polar surface area (TPSA) is 91.6 Å². The second kappa shape index (κ2) is 9.30. The monoisotopic (exact) mass is 417 g/mol. The minimum absolute atomic E-state index is 0.0477. The van der Waals surface area contributed by atoms with Crippen molar-refractivity contribution in [2.24, 2.45) is 5.92 Å². The SMILES string of the molecule is O=C(NCc1ccco1)c1ccccc1NC(=O)[C@@H]1CC(=O)N(Cc2ccccc2)C1. The third kappa shape index (κ3) is 5.01. The van der Waals surface area contributed by atoms with E-state index < -0.39 is 5.92 Å². The zero-order valence-corrected chi connectivity index (χ0v) is 16.9. The number of rotatable bonds is 7. The van der Waals surface area contributed by atoms with Crippen LogP contribution in [0, 0.1) is 5.92 Å². The van der Waals surface area contributed by atoms with E-state index in [4.69, 9.17) is 4.42 Å². The molecule has 0 unspecified atom stereocenters. The summed E-state index contributed by atoms with van der Waals surface area (Å²) >= 11 is 0. The number of carbonyl (C=O) groups excluding carboxylic acids is 3. The average Bonchev–Trinajstić information content (AvgIpc) is 3.43. The summed E-state index contributed by atoms with van der Waals surface area (Å²) in [7, 11) is 0. The molecule has 0 radical (unpaired) electrons. The van der Waals surface area contributed by atoms with Gasteiger partial charge in [0.25, 0.3) is 5.91 Å². The van der Waals surface area contributed by atoms with Crippen molar-refractivity contribution in [2.75, 3.05) is 11.9 Å². The molecule has 158 valence electrons. The third-order valence-corrected chi connectivity index (χ3v) is 5.23. The van der Waals surface area contributed by atoms with Crippen LogP contribution in [0.5, 0.6) is 0 Å². The number of hydrogen-bond donors (Lipinski definition) is 2. The Balaban J connectivity index is 1.38. The lowest BCUT2D eigenvalue weighted by Gasteiger charge is -2.17. The molecular formula is C24H23N3O4. The number of furan rings is 1. The first-order valence-electron chi connectivity index (χ1n) is 10.1. The Morgan fingerprint density at radius 2 is 1.77 bits per heavy atom. The van der Waals surface area contributed by atoms with Gasteiger partial charge >= 0.3 is 0 Å². The summed E-state index contributed by atoms with van der Waals surface area (Å²) in [6.07, 6.45) is 1.70. The van der Waals surface area contributed by atoms with Crippen LogP contribution < -0.4 is 10.6 Å². The summed E-state index contributed by atoms with van der Waals surface area (Å²) in [6.45, 7) is 1.08. The van der Waals surface area contributed by atoms with Crippen molar-refractivity contribution in [1.29, 1.82) is 0 Å². The Kier molecular flexibility index (Phi) is 6.12. The van der Waals surface area contributed by atoms with Crippen molar-refractivity contribution in [3.8, 4) is 0 Å². The molecule has 2 aromatic carbocycles. The summed E-state index contributed by atoms with van der Waals surface area (Å²) in [4.78, 5) is 39.5. The summed E-state index contributed by atoms with van der Waals surface area (Å²) in [5.74, 6) is -0.461. The highest BCUT2D eigenvalue weighted by Crippen LogP contribution is 2.23. The highest BCUT2D eigenvalue weighted by molar-refractivity contribution is 6.05. The number of benzene rings is 2. The third-order valence-electron chi connectivity index (χ3n) is 5.23. The molecule has 3 amide bonds. The summed E-state index contributed by atoms with van der Waals surface area (Å²) in [6, 6.07) is 20.0. The molecule has 4 rings (SSSR count). The highest BCUT2D eigenvalue weighted by atomic mass is 16.3. The number of nitrogens with one attached hydrogen (secondary N) is 2. The molecular weight excluding hydrogens is 394 g/mol. The lowest BCUT2D eigenvalue weighted by Crippen LogP contribution is -2.29. The van der Waals surface area contributed by atoms with E-state index >= 15 is 0 Å². The van der Waals surface area contributed by atoms with Gasteiger partial charge in [-0.2, -0.15) is 0 Å². The van der Waals surface area contributed by atoms with Gasteiger partial charge in [-0.1, -0.05) is 42.5 Å². The van der Waals surface area contributed by atoms with Crippen molar-refractivity contribution in [2.45, 2.75) is 19.5 Å². The van der Waals surface area contributed by atoms with E-state index in [1.54, 1.807) is 47.6 Å². The molecule has 31 heavy (non-hydrogen) atoms.